The van der Waals surface area contributed by atoms with Gasteiger partial charge in [0.25, 0.3) is 5.91 Å². The van der Waals surface area contributed by atoms with E-state index in [9.17, 15) is 4.79 Å². The first kappa shape index (κ1) is 12.0. The van der Waals surface area contributed by atoms with E-state index in [2.05, 4.69) is 5.32 Å². The Labute approximate surface area is 117 Å². The third-order valence-corrected chi connectivity index (χ3v) is 4.73. The van der Waals surface area contributed by atoms with E-state index in [4.69, 9.17) is 4.42 Å². The summed E-state index contributed by atoms with van der Waals surface area (Å²) in [6.07, 6.45) is 5.78. The fourth-order valence-electron chi connectivity index (χ4n) is 3.46. The Morgan fingerprint density at radius 2 is 1.90 bits per heavy atom. The molecular formula is C16H18N2O2. The van der Waals surface area contributed by atoms with Crippen molar-refractivity contribution in [1.82, 2.24) is 10.2 Å². The van der Waals surface area contributed by atoms with Gasteiger partial charge in [-0.15, -0.1) is 0 Å². The van der Waals surface area contributed by atoms with Gasteiger partial charge in [-0.1, -0.05) is 6.07 Å². The number of carbonyl (C=O) groups excluding carboxylic acids is 1. The topological polar surface area (TPSA) is 45.5 Å². The summed E-state index contributed by atoms with van der Waals surface area (Å²) in [4.78, 5) is 14.5. The summed E-state index contributed by atoms with van der Waals surface area (Å²) < 4.78 is 5.16. The van der Waals surface area contributed by atoms with Crippen LogP contribution in [0.15, 0.2) is 35.1 Å². The first-order chi connectivity index (χ1) is 9.76. The second kappa shape index (κ2) is 4.35. The van der Waals surface area contributed by atoms with Gasteiger partial charge in [0, 0.05) is 34.8 Å². The van der Waals surface area contributed by atoms with Crippen LogP contribution in [-0.4, -0.2) is 37.0 Å². The minimum Gasteiger partial charge on any atom is -0.471 e. The van der Waals surface area contributed by atoms with Crippen molar-refractivity contribution >= 4 is 16.7 Å². The highest BCUT2D eigenvalue weighted by Crippen LogP contribution is 2.39. The van der Waals surface area contributed by atoms with Crippen LogP contribution in [0, 0.1) is 5.41 Å². The lowest BCUT2D eigenvalue weighted by Gasteiger charge is -2.52. The first-order valence-corrected chi connectivity index (χ1v) is 7.22. The number of hydrogen-bond acceptors (Lipinski definition) is 3. The Bertz CT molecular complexity index is 647. The third kappa shape index (κ3) is 1.83. The molecule has 2 fully saturated rings. The maximum atomic E-state index is 12.5. The molecule has 0 unspecified atom stereocenters. The lowest BCUT2D eigenvalue weighted by molar-refractivity contribution is -0.0113. The van der Waals surface area contributed by atoms with E-state index in [1.165, 1.54) is 12.8 Å². The molecule has 2 aliphatic rings. The van der Waals surface area contributed by atoms with Crippen LogP contribution in [0.1, 0.15) is 23.2 Å². The zero-order chi connectivity index (χ0) is 13.6. The van der Waals surface area contributed by atoms with Crippen LogP contribution in [0.5, 0.6) is 0 Å². The number of amides is 1. The van der Waals surface area contributed by atoms with Gasteiger partial charge in [0.05, 0.1) is 12.5 Å². The normalized spacial score (nSPS) is 21.1. The van der Waals surface area contributed by atoms with Crippen LogP contribution in [0.25, 0.3) is 10.8 Å². The van der Waals surface area contributed by atoms with Crippen molar-refractivity contribution < 1.29 is 9.21 Å². The second-order valence-corrected chi connectivity index (χ2v) is 6.13. The molecule has 4 heteroatoms. The molecule has 4 nitrogen and oxygen atoms in total. The maximum Gasteiger partial charge on any atom is 0.253 e. The second-order valence-electron chi connectivity index (χ2n) is 6.13. The summed E-state index contributed by atoms with van der Waals surface area (Å²) >= 11 is 0. The van der Waals surface area contributed by atoms with E-state index in [1.807, 2.05) is 23.1 Å². The number of piperidine rings is 1. The van der Waals surface area contributed by atoms with Crippen LogP contribution < -0.4 is 5.32 Å². The molecule has 1 aromatic heterocycles. The molecule has 0 atom stereocenters. The van der Waals surface area contributed by atoms with E-state index < -0.39 is 0 Å². The highest BCUT2D eigenvalue weighted by atomic mass is 16.3. The monoisotopic (exact) mass is 270 g/mol. The zero-order valence-electron chi connectivity index (χ0n) is 11.4. The minimum atomic E-state index is 0.150. The molecule has 0 bridgehead atoms. The van der Waals surface area contributed by atoms with Crippen molar-refractivity contribution in [3.05, 3.63) is 36.3 Å². The molecule has 1 aromatic carbocycles. The number of carbonyl (C=O) groups is 1. The predicted molar refractivity (Wildman–Crippen MR) is 76.7 cm³/mol. The summed E-state index contributed by atoms with van der Waals surface area (Å²) in [5.74, 6) is 0.150. The van der Waals surface area contributed by atoms with Crippen LogP contribution in [0.4, 0.5) is 0 Å². The standard InChI is InChI=1S/C16H18N2O2/c19-15(12-1-2-13-8-20-9-14(13)7-12)18-10-16(11-18)3-5-17-6-4-16/h1-2,7-9,17H,3-6,10-11H2. The van der Waals surface area contributed by atoms with Crippen molar-refractivity contribution in [3.8, 4) is 0 Å². The average molecular weight is 270 g/mol. The van der Waals surface area contributed by atoms with Gasteiger partial charge in [0.1, 0.15) is 0 Å². The van der Waals surface area contributed by atoms with Crippen molar-refractivity contribution in [2.24, 2.45) is 5.41 Å². The molecule has 3 heterocycles. The smallest absolute Gasteiger partial charge is 0.253 e. The molecule has 20 heavy (non-hydrogen) atoms. The number of likely N-dealkylation sites (tertiary alicyclic amines) is 1. The molecule has 0 radical (unpaired) electrons. The number of fused-ring (bicyclic) bond motifs is 1. The van der Waals surface area contributed by atoms with Gasteiger partial charge >= 0.3 is 0 Å². The molecule has 2 aliphatic heterocycles. The predicted octanol–water partition coefficient (Wildman–Crippen LogP) is 2.26. The molecule has 1 N–H and O–H groups in total. The summed E-state index contributed by atoms with van der Waals surface area (Å²) in [5, 5.41) is 5.42. The summed E-state index contributed by atoms with van der Waals surface area (Å²) in [6, 6.07) is 5.77. The molecule has 1 spiro atoms. The van der Waals surface area contributed by atoms with Gasteiger partial charge in [0.15, 0.2) is 0 Å². The van der Waals surface area contributed by atoms with E-state index in [-0.39, 0.29) is 5.91 Å². The zero-order valence-corrected chi connectivity index (χ0v) is 11.4. The van der Waals surface area contributed by atoms with Gasteiger partial charge in [-0.2, -0.15) is 0 Å². The average Bonchev–Trinajstić information content (AvgIpc) is 2.92. The number of furan rings is 1. The maximum absolute atomic E-state index is 12.5. The Hall–Kier alpha value is -1.81. The fourth-order valence-corrected chi connectivity index (χ4v) is 3.46. The Morgan fingerprint density at radius 1 is 1.15 bits per heavy atom. The first-order valence-electron chi connectivity index (χ1n) is 7.22. The van der Waals surface area contributed by atoms with E-state index in [0.29, 0.717) is 5.41 Å². The van der Waals surface area contributed by atoms with Crippen LogP contribution >= 0.6 is 0 Å². The number of hydrogen-bond donors (Lipinski definition) is 1. The lowest BCUT2D eigenvalue weighted by atomic mass is 9.72. The Balaban J connectivity index is 1.50. The number of nitrogens with one attached hydrogen (secondary N) is 1. The minimum absolute atomic E-state index is 0.150. The van der Waals surface area contributed by atoms with E-state index in [0.717, 1.165) is 42.5 Å². The van der Waals surface area contributed by atoms with Gasteiger partial charge < -0.3 is 14.6 Å². The van der Waals surface area contributed by atoms with Gasteiger partial charge in [-0.05, 0) is 38.1 Å². The lowest BCUT2D eigenvalue weighted by Crippen LogP contribution is -2.61. The number of benzene rings is 1. The van der Waals surface area contributed by atoms with Crippen molar-refractivity contribution in [1.29, 1.82) is 0 Å². The van der Waals surface area contributed by atoms with Crippen molar-refractivity contribution in [2.45, 2.75) is 12.8 Å². The quantitative estimate of drug-likeness (QED) is 0.864. The van der Waals surface area contributed by atoms with Gasteiger partial charge in [-0.25, -0.2) is 0 Å². The van der Waals surface area contributed by atoms with Crippen molar-refractivity contribution in [3.63, 3.8) is 0 Å². The summed E-state index contributed by atoms with van der Waals surface area (Å²) in [5.41, 5.74) is 1.16. The number of nitrogens with zero attached hydrogens (tertiary/aromatic N) is 1. The molecule has 0 aliphatic carbocycles. The summed E-state index contributed by atoms with van der Waals surface area (Å²) in [7, 11) is 0. The van der Waals surface area contributed by atoms with Crippen molar-refractivity contribution in [2.75, 3.05) is 26.2 Å². The fraction of sp³-hybridized carbons (Fsp3) is 0.438. The van der Waals surface area contributed by atoms with Crippen LogP contribution in [0.3, 0.4) is 0 Å². The van der Waals surface area contributed by atoms with E-state index >= 15 is 0 Å². The van der Waals surface area contributed by atoms with Crippen LogP contribution in [0.2, 0.25) is 0 Å². The molecule has 2 aromatic rings. The Kier molecular flexibility index (Phi) is 2.60. The SMILES string of the molecule is O=C(c1ccc2cocc2c1)N1CC2(CCNCC2)C1. The highest BCUT2D eigenvalue weighted by Gasteiger charge is 2.45. The molecular weight excluding hydrogens is 252 g/mol. The molecule has 4 rings (SSSR count). The van der Waals surface area contributed by atoms with E-state index in [1.54, 1.807) is 12.5 Å². The molecule has 0 saturated carbocycles. The third-order valence-electron chi connectivity index (χ3n) is 4.73. The Morgan fingerprint density at radius 3 is 2.70 bits per heavy atom. The highest BCUT2D eigenvalue weighted by molar-refractivity contribution is 5.98. The largest absolute Gasteiger partial charge is 0.471 e. The molecule has 2 saturated heterocycles. The van der Waals surface area contributed by atoms with Gasteiger partial charge in [0.2, 0.25) is 0 Å². The van der Waals surface area contributed by atoms with Crippen LogP contribution in [-0.2, 0) is 0 Å². The molecule has 104 valence electrons. The molecule has 1 amide bonds. The van der Waals surface area contributed by atoms with Gasteiger partial charge in [-0.3, -0.25) is 4.79 Å². The number of rotatable bonds is 1. The summed E-state index contributed by atoms with van der Waals surface area (Å²) in [6.45, 7) is 4.00.